The van der Waals surface area contributed by atoms with Crippen LogP contribution in [0.1, 0.15) is 32.3 Å². The van der Waals surface area contributed by atoms with Crippen molar-refractivity contribution in [3.05, 3.63) is 35.9 Å². The summed E-state index contributed by atoms with van der Waals surface area (Å²) < 4.78 is 41.2. The summed E-state index contributed by atoms with van der Waals surface area (Å²) in [6.07, 6.45) is 0.928. The summed E-state index contributed by atoms with van der Waals surface area (Å²) in [5.74, 6) is -0.118. The van der Waals surface area contributed by atoms with Gasteiger partial charge >= 0.3 is 152 Å². The van der Waals surface area contributed by atoms with Gasteiger partial charge in [-0.15, -0.1) is 0 Å². The molecule has 0 spiro atoms. The first-order valence-corrected chi connectivity index (χ1v) is 13.4. The number of sulfone groups is 1. The number of hydrogen-bond donors (Lipinski definition) is 0. The van der Waals surface area contributed by atoms with Crippen molar-refractivity contribution in [2.75, 3.05) is 15.9 Å². The van der Waals surface area contributed by atoms with Gasteiger partial charge in [-0.1, -0.05) is 0 Å². The van der Waals surface area contributed by atoms with E-state index in [0.717, 1.165) is 5.56 Å². The van der Waals surface area contributed by atoms with Gasteiger partial charge in [-0.05, 0) is 0 Å². The summed E-state index contributed by atoms with van der Waals surface area (Å²) in [5.41, 5.74) is 0.106. The molecule has 1 aliphatic heterocycles. The van der Waals surface area contributed by atoms with Crippen LogP contribution in [0.4, 0.5) is 0 Å². The van der Waals surface area contributed by atoms with E-state index in [9.17, 15) is 16.6 Å². The van der Waals surface area contributed by atoms with Crippen molar-refractivity contribution in [3.8, 4) is 0 Å². The van der Waals surface area contributed by atoms with Crippen LogP contribution in [0.5, 0.6) is 0 Å². The molecule has 24 heavy (non-hydrogen) atoms. The molecule has 0 aromatic heterocycles. The molecule has 0 saturated carbocycles. The van der Waals surface area contributed by atoms with Crippen molar-refractivity contribution in [2.45, 2.75) is 37.2 Å². The Kier molecular flexibility index (Phi) is 6.66. The standard InChI is InChI=1S/C17H24IO5S/c1-17(2,16(19)23-12-14-6-4-3-5-7-14)13-18(20)15-8-10-24(21,22)11-9-15/h3-7,15H,8-13H2,1-2H3/q-1. The molecule has 1 heterocycles. The fraction of sp³-hybridized carbons (Fsp3) is 0.588. The molecule has 0 radical (unpaired) electrons. The second-order valence-electron chi connectivity index (χ2n) is 6.76. The van der Waals surface area contributed by atoms with E-state index in [1.165, 1.54) is 0 Å². The Morgan fingerprint density at radius 1 is 1.25 bits per heavy atom. The molecule has 1 aromatic rings. The summed E-state index contributed by atoms with van der Waals surface area (Å²) in [5, 5.41) is 0. The third-order valence-corrected chi connectivity index (χ3v) is 11.6. The molecule has 2 rings (SSSR count). The van der Waals surface area contributed by atoms with Gasteiger partial charge in [0.05, 0.1) is 0 Å². The van der Waals surface area contributed by atoms with Crippen LogP contribution in [0, 0.1) is 5.41 Å². The number of rotatable bonds is 6. The van der Waals surface area contributed by atoms with Gasteiger partial charge in [0.2, 0.25) is 0 Å². The number of benzene rings is 1. The SMILES string of the molecule is CC(C)(CI([O-])C1CCS(=O)(=O)CC1)C(=O)OCc1ccccc1. The molecule has 0 aliphatic carbocycles. The molecule has 0 amide bonds. The Labute approximate surface area is 151 Å². The van der Waals surface area contributed by atoms with E-state index < -0.39 is 35.5 Å². The Balaban J connectivity index is 1.86. The zero-order valence-electron chi connectivity index (χ0n) is 14.0. The van der Waals surface area contributed by atoms with Crippen LogP contribution in [0.3, 0.4) is 0 Å². The van der Waals surface area contributed by atoms with Gasteiger partial charge in [0.1, 0.15) is 0 Å². The molecular weight excluding hydrogens is 443 g/mol. The van der Waals surface area contributed by atoms with Crippen LogP contribution in [0.25, 0.3) is 0 Å². The zero-order valence-corrected chi connectivity index (χ0v) is 17.0. The van der Waals surface area contributed by atoms with E-state index in [1.54, 1.807) is 13.8 Å². The molecule has 136 valence electrons. The number of carbonyl (C=O) groups is 1. The van der Waals surface area contributed by atoms with Gasteiger partial charge in [-0.2, -0.15) is 0 Å². The summed E-state index contributed by atoms with van der Waals surface area (Å²) in [7, 11) is -2.95. The van der Waals surface area contributed by atoms with Gasteiger partial charge < -0.3 is 0 Å². The fourth-order valence-corrected chi connectivity index (χ4v) is 9.68. The summed E-state index contributed by atoms with van der Waals surface area (Å²) >= 11 is -2.63. The number of alkyl halides is 2. The van der Waals surface area contributed by atoms with E-state index in [4.69, 9.17) is 4.74 Å². The Morgan fingerprint density at radius 2 is 1.83 bits per heavy atom. The van der Waals surface area contributed by atoms with E-state index in [1.807, 2.05) is 30.3 Å². The number of ether oxygens (including phenoxy) is 1. The van der Waals surface area contributed by atoms with Crippen molar-refractivity contribution in [1.29, 1.82) is 0 Å². The summed E-state index contributed by atoms with van der Waals surface area (Å²) in [4.78, 5) is 12.3. The van der Waals surface area contributed by atoms with Crippen LogP contribution in [-0.2, 0) is 26.0 Å². The van der Waals surface area contributed by atoms with Gasteiger partial charge in [0, 0.05) is 0 Å². The molecule has 0 N–H and O–H groups in total. The maximum absolute atomic E-state index is 12.6. The van der Waals surface area contributed by atoms with Gasteiger partial charge in [0.25, 0.3) is 0 Å². The second-order valence-corrected chi connectivity index (χ2v) is 13.6. The van der Waals surface area contributed by atoms with E-state index in [0.29, 0.717) is 17.3 Å². The monoisotopic (exact) mass is 467 g/mol. The third kappa shape index (κ3) is 5.70. The number of halogens is 1. The number of carbonyl (C=O) groups excluding carboxylic acids is 1. The van der Waals surface area contributed by atoms with Crippen molar-refractivity contribution in [1.82, 2.24) is 0 Å². The predicted octanol–water partition coefficient (Wildman–Crippen LogP) is 2.11. The second kappa shape index (κ2) is 8.14. The summed E-state index contributed by atoms with van der Waals surface area (Å²) in [6.45, 7) is 3.71. The average molecular weight is 467 g/mol. The minimum atomic E-state index is -2.95. The van der Waals surface area contributed by atoms with E-state index in [2.05, 4.69) is 0 Å². The fourth-order valence-electron chi connectivity index (χ4n) is 2.52. The van der Waals surface area contributed by atoms with Crippen molar-refractivity contribution in [3.63, 3.8) is 0 Å². The normalized spacial score (nSPS) is 18.9. The maximum atomic E-state index is 12.6. The Bertz CT molecular complexity index is 643. The number of esters is 1. The zero-order chi connectivity index (χ0) is 17.8. The minimum absolute atomic E-state index is 0.0288. The molecule has 1 aromatic carbocycles. The molecule has 7 heteroatoms. The van der Waals surface area contributed by atoms with Crippen molar-refractivity contribution >= 4 is 36.0 Å². The number of hydrogen-bond acceptors (Lipinski definition) is 5. The molecule has 1 saturated heterocycles. The van der Waals surface area contributed by atoms with Crippen LogP contribution in [0.2, 0.25) is 0 Å². The van der Waals surface area contributed by atoms with Crippen LogP contribution < -0.4 is 3.44 Å². The van der Waals surface area contributed by atoms with E-state index >= 15 is 0 Å². The Hall–Kier alpha value is -0.670. The van der Waals surface area contributed by atoms with Crippen molar-refractivity contribution in [2.24, 2.45) is 5.41 Å². The first-order chi connectivity index (χ1) is 11.2. The molecule has 1 fully saturated rings. The van der Waals surface area contributed by atoms with Crippen molar-refractivity contribution < 1.29 is 21.4 Å². The first kappa shape index (κ1) is 19.7. The average Bonchev–Trinajstić information content (AvgIpc) is 2.53. The molecule has 1 aliphatic rings. The molecule has 0 bridgehead atoms. The summed E-state index contributed by atoms with van der Waals surface area (Å²) in [6, 6.07) is 9.43. The topological polar surface area (TPSA) is 83.5 Å². The molecule has 5 nitrogen and oxygen atoms in total. The molecule has 0 atom stereocenters. The van der Waals surface area contributed by atoms with Crippen LogP contribution in [0.15, 0.2) is 30.3 Å². The van der Waals surface area contributed by atoms with Crippen LogP contribution >= 0.6 is 20.2 Å². The Morgan fingerprint density at radius 3 is 2.42 bits per heavy atom. The van der Waals surface area contributed by atoms with Gasteiger partial charge in [-0.25, -0.2) is 0 Å². The van der Waals surface area contributed by atoms with Crippen LogP contribution in [-0.4, -0.2) is 34.2 Å². The predicted molar refractivity (Wildman–Crippen MR) is 101 cm³/mol. The molecular formula is C17H24IO5S-. The third-order valence-electron chi connectivity index (χ3n) is 4.06. The van der Waals surface area contributed by atoms with Gasteiger partial charge in [-0.3, -0.25) is 0 Å². The molecule has 0 unspecified atom stereocenters. The quantitative estimate of drug-likeness (QED) is 0.364. The van der Waals surface area contributed by atoms with Gasteiger partial charge in [0.15, 0.2) is 0 Å². The van der Waals surface area contributed by atoms with E-state index in [-0.39, 0.29) is 28.0 Å². The first-order valence-electron chi connectivity index (χ1n) is 7.93.